The number of rotatable bonds is 8. The molecule has 164 valence electrons. The van der Waals surface area contributed by atoms with Gasteiger partial charge in [-0.05, 0) is 67.4 Å². The van der Waals surface area contributed by atoms with Crippen molar-refractivity contribution in [1.29, 1.82) is 0 Å². The third kappa shape index (κ3) is 5.37. The van der Waals surface area contributed by atoms with Gasteiger partial charge in [0, 0.05) is 23.0 Å². The number of aromatic nitrogens is 2. The van der Waals surface area contributed by atoms with Crippen molar-refractivity contribution in [2.75, 3.05) is 13.2 Å². The van der Waals surface area contributed by atoms with E-state index in [1.807, 2.05) is 36.4 Å². The van der Waals surface area contributed by atoms with Gasteiger partial charge in [0.05, 0.1) is 17.6 Å². The molecule has 32 heavy (non-hydrogen) atoms. The Bertz CT molecular complexity index is 1230. The Morgan fingerprint density at radius 3 is 2.59 bits per heavy atom. The number of halogens is 1. The third-order valence-electron chi connectivity index (χ3n) is 5.23. The number of carbonyl (C=O) groups excluding carboxylic acids is 1. The molecule has 0 saturated carbocycles. The van der Waals surface area contributed by atoms with E-state index in [-0.39, 0.29) is 5.91 Å². The summed E-state index contributed by atoms with van der Waals surface area (Å²) >= 11 is 3.41. The minimum atomic E-state index is -0.0906. The maximum Gasteiger partial charge on any atom is 0.251 e. The van der Waals surface area contributed by atoms with Gasteiger partial charge >= 0.3 is 0 Å². The van der Waals surface area contributed by atoms with Crippen LogP contribution in [0.2, 0.25) is 0 Å². The predicted molar refractivity (Wildman–Crippen MR) is 131 cm³/mol. The molecule has 0 saturated heterocycles. The van der Waals surface area contributed by atoms with Crippen LogP contribution in [-0.2, 0) is 13.0 Å². The fraction of sp³-hybridized carbons (Fsp3) is 0.231. The van der Waals surface area contributed by atoms with Crippen molar-refractivity contribution < 1.29 is 9.53 Å². The Balaban J connectivity index is 1.43. The fourth-order valence-corrected chi connectivity index (χ4v) is 4.26. The highest BCUT2D eigenvalue weighted by Crippen LogP contribution is 2.19. The summed E-state index contributed by atoms with van der Waals surface area (Å²) in [6.45, 7) is 5.88. The van der Waals surface area contributed by atoms with Crippen LogP contribution in [0.5, 0.6) is 5.75 Å². The molecule has 3 aromatic carbocycles. The first-order chi connectivity index (χ1) is 15.5. The highest BCUT2D eigenvalue weighted by Gasteiger charge is 2.12. The van der Waals surface area contributed by atoms with Gasteiger partial charge in [0.25, 0.3) is 5.91 Å². The van der Waals surface area contributed by atoms with Gasteiger partial charge in [0.15, 0.2) is 0 Å². The molecule has 1 aromatic heterocycles. The Hall–Kier alpha value is -3.12. The van der Waals surface area contributed by atoms with Crippen molar-refractivity contribution in [1.82, 2.24) is 14.9 Å². The summed E-state index contributed by atoms with van der Waals surface area (Å²) in [4.78, 5) is 17.2. The average molecular weight is 492 g/mol. The number of fused-ring (bicyclic) bond motifs is 1. The number of hydrogen-bond acceptors (Lipinski definition) is 3. The van der Waals surface area contributed by atoms with Crippen molar-refractivity contribution in [3.8, 4) is 5.75 Å². The van der Waals surface area contributed by atoms with Crippen LogP contribution in [0.4, 0.5) is 0 Å². The van der Waals surface area contributed by atoms with Gasteiger partial charge in [0.1, 0.15) is 18.2 Å². The van der Waals surface area contributed by atoms with Gasteiger partial charge in [-0.25, -0.2) is 4.98 Å². The summed E-state index contributed by atoms with van der Waals surface area (Å²) in [5.41, 5.74) is 5.04. The number of nitrogens with zero attached hydrogens (tertiary/aromatic N) is 2. The van der Waals surface area contributed by atoms with Gasteiger partial charge < -0.3 is 14.6 Å². The van der Waals surface area contributed by atoms with Gasteiger partial charge in [-0.1, -0.05) is 40.2 Å². The van der Waals surface area contributed by atoms with E-state index in [1.54, 1.807) is 6.07 Å². The monoisotopic (exact) mass is 491 g/mol. The Labute approximate surface area is 196 Å². The van der Waals surface area contributed by atoms with Crippen LogP contribution in [0.1, 0.15) is 27.3 Å². The molecule has 0 spiro atoms. The molecule has 0 atom stereocenters. The van der Waals surface area contributed by atoms with E-state index in [0.717, 1.165) is 27.1 Å². The van der Waals surface area contributed by atoms with Crippen LogP contribution in [0.25, 0.3) is 11.0 Å². The normalized spacial score (nSPS) is 11.0. The van der Waals surface area contributed by atoms with Crippen LogP contribution < -0.4 is 10.1 Å². The number of imidazole rings is 1. The topological polar surface area (TPSA) is 56.1 Å². The lowest BCUT2D eigenvalue weighted by atomic mass is 10.1. The molecule has 1 N–H and O–H groups in total. The number of hydrogen-bond donors (Lipinski definition) is 1. The van der Waals surface area contributed by atoms with E-state index < -0.39 is 0 Å². The molecule has 0 fully saturated rings. The van der Waals surface area contributed by atoms with Crippen molar-refractivity contribution >= 4 is 32.9 Å². The van der Waals surface area contributed by atoms with E-state index in [0.29, 0.717) is 31.7 Å². The fourth-order valence-electron chi connectivity index (χ4n) is 3.86. The molecule has 0 radical (unpaired) electrons. The molecule has 0 bridgehead atoms. The summed E-state index contributed by atoms with van der Waals surface area (Å²) in [7, 11) is 0. The predicted octanol–water partition coefficient (Wildman–Crippen LogP) is 5.47. The molecule has 5 nitrogen and oxygen atoms in total. The SMILES string of the molecule is Cc1cc(C)cc(OCCn2c(CCNC(=O)c3cccc(Br)c3)nc3ccccc32)c1. The van der Waals surface area contributed by atoms with E-state index in [2.05, 4.69) is 63.9 Å². The maximum absolute atomic E-state index is 12.4. The van der Waals surface area contributed by atoms with Crippen molar-refractivity contribution in [3.63, 3.8) is 0 Å². The van der Waals surface area contributed by atoms with Gasteiger partial charge in [0.2, 0.25) is 0 Å². The Morgan fingerprint density at radius 2 is 1.81 bits per heavy atom. The van der Waals surface area contributed by atoms with Crippen LogP contribution in [-0.4, -0.2) is 28.6 Å². The van der Waals surface area contributed by atoms with Crippen molar-refractivity contribution in [2.45, 2.75) is 26.8 Å². The van der Waals surface area contributed by atoms with E-state index in [1.165, 1.54) is 11.1 Å². The standard InChI is InChI=1S/C26H26BrN3O2/c1-18-14-19(2)16-22(15-18)32-13-12-30-24-9-4-3-8-23(24)29-25(30)10-11-28-26(31)20-6-5-7-21(27)17-20/h3-9,14-17H,10-13H2,1-2H3,(H,28,31). The minimum absolute atomic E-state index is 0.0906. The van der Waals surface area contributed by atoms with E-state index >= 15 is 0 Å². The number of amides is 1. The Morgan fingerprint density at radius 1 is 1.03 bits per heavy atom. The second-order valence-corrected chi connectivity index (χ2v) is 8.77. The highest BCUT2D eigenvalue weighted by atomic mass is 79.9. The second-order valence-electron chi connectivity index (χ2n) is 7.86. The molecule has 4 rings (SSSR count). The van der Waals surface area contributed by atoms with E-state index in [9.17, 15) is 4.79 Å². The van der Waals surface area contributed by atoms with Crippen LogP contribution in [0.3, 0.4) is 0 Å². The lowest BCUT2D eigenvalue weighted by molar-refractivity contribution is 0.0954. The zero-order valence-corrected chi connectivity index (χ0v) is 19.9. The molecule has 0 aliphatic rings. The summed E-state index contributed by atoms with van der Waals surface area (Å²) in [6, 6.07) is 21.7. The maximum atomic E-state index is 12.4. The first kappa shape index (κ1) is 22.1. The number of nitrogens with one attached hydrogen (secondary N) is 1. The van der Waals surface area contributed by atoms with Crippen LogP contribution in [0, 0.1) is 13.8 Å². The molecular formula is C26H26BrN3O2. The molecule has 1 amide bonds. The molecule has 1 heterocycles. The zero-order chi connectivity index (χ0) is 22.5. The average Bonchev–Trinajstić information content (AvgIpc) is 3.10. The summed E-state index contributed by atoms with van der Waals surface area (Å²) in [6.07, 6.45) is 0.637. The third-order valence-corrected chi connectivity index (χ3v) is 5.73. The lowest BCUT2D eigenvalue weighted by Gasteiger charge is -2.12. The van der Waals surface area contributed by atoms with Gasteiger partial charge in [-0.3, -0.25) is 4.79 Å². The van der Waals surface area contributed by atoms with Crippen LogP contribution >= 0.6 is 15.9 Å². The number of aryl methyl sites for hydroxylation is 2. The van der Waals surface area contributed by atoms with Gasteiger partial charge in [-0.15, -0.1) is 0 Å². The first-order valence-corrected chi connectivity index (χ1v) is 11.5. The Kier molecular flexibility index (Phi) is 6.90. The molecule has 6 heteroatoms. The number of carbonyl (C=O) groups is 1. The highest BCUT2D eigenvalue weighted by molar-refractivity contribution is 9.10. The first-order valence-electron chi connectivity index (χ1n) is 10.7. The zero-order valence-electron chi connectivity index (χ0n) is 18.3. The second kappa shape index (κ2) is 10.0. The van der Waals surface area contributed by atoms with Crippen molar-refractivity contribution in [2.24, 2.45) is 0 Å². The number of benzene rings is 3. The smallest absolute Gasteiger partial charge is 0.251 e. The van der Waals surface area contributed by atoms with Gasteiger partial charge in [-0.2, -0.15) is 0 Å². The largest absolute Gasteiger partial charge is 0.492 e. The molecule has 0 aliphatic heterocycles. The quantitative estimate of drug-likeness (QED) is 0.355. The minimum Gasteiger partial charge on any atom is -0.492 e. The number of para-hydroxylation sites is 2. The van der Waals surface area contributed by atoms with Crippen LogP contribution in [0.15, 0.2) is 71.2 Å². The molecule has 0 unspecified atom stereocenters. The summed E-state index contributed by atoms with van der Waals surface area (Å²) in [5, 5.41) is 3.00. The lowest BCUT2D eigenvalue weighted by Crippen LogP contribution is -2.26. The summed E-state index contributed by atoms with van der Waals surface area (Å²) in [5.74, 6) is 1.73. The van der Waals surface area contributed by atoms with E-state index in [4.69, 9.17) is 9.72 Å². The molecule has 4 aromatic rings. The molecule has 0 aliphatic carbocycles. The molecular weight excluding hydrogens is 466 g/mol. The summed E-state index contributed by atoms with van der Waals surface area (Å²) < 4.78 is 9.10. The van der Waals surface area contributed by atoms with Crippen molar-refractivity contribution in [3.05, 3.63) is 93.7 Å². The number of ether oxygens (including phenoxy) is 1.